The second-order valence-corrected chi connectivity index (χ2v) is 7.62. The first-order chi connectivity index (χ1) is 12.8. The van der Waals surface area contributed by atoms with E-state index in [0.29, 0.717) is 23.6 Å². The van der Waals surface area contributed by atoms with Gasteiger partial charge in [0.15, 0.2) is 18.1 Å². The molecule has 2 rings (SSSR count). The van der Waals surface area contributed by atoms with Crippen LogP contribution in [-0.4, -0.2) is 51.2 Å². The quantitative estimate of drug-likeness (QED) is 0.607. The number of nitrogens with one attached hydrogen (secondary N) is 3. The van der Waals surface area contributed by atoms with Crippen LogP contribution in [0.1, 0.15) is 44.0 Å². The summed E-state index contributed by atoms with van der Waals surface area (Å²) in [4.78, 5) is 24.2. The maximum absolute atomic E-state index is 12.5. The van der Waals surface area contributed by atoms with Gasteiger partial charge in [-0.25, -0.2) is 0 Å². The van der Waals surface area contributed by atoms with E-state index >= 15 is 0 Å². The van der Waals surface area contributed by atoms with Crippen molar-refractivity contribution < 1.29 is 19.1 Å². The highest BCUT2D eigenvalue weighted by Gasteiger charge is 2.27. The first-order valence-corrected chi connectivity index (χ1v) is 9.42. The summed E-state index contributed by atoms with van der Waals surface area (Å²) in [6.07, 6.45) is 2.09. The summed E-state index contributed by atoms with van der Waals surface area (Å²) in [6.45, 7) is 8.48. The molecule has 158 valence electrons. The number of hydrogen-bond acceptors (Lipinski definition) is 5. The van der Waals surface area contributed by atoms with Crippen molar-refractivity contribution >= 4 is 24.2 Å². The Hall–Kier alpha value is -1.99. The van der Waals surface area contributed by atoms with Crippen molar-refractivity contribution in [2.45, 2.75) is 39.7 Å². The largest absolute Gasteiger partial charge is 0.493 e. The first-order valence-electron chi connectivity index (χ1n) is 9.42. The minimum absolute atomic E-state index is 0. The monoisotopic (exact) mass is 413 g/mol. The summed E-state index contributed by atoms with van der Waals surface area (Å²) in [5.74, 6) is 0.507. The molecule has 28 heavy (non-hydrogen) atoms. The van der Waals surface area contributed by atoms with Gasteiger partial charge in [0.1, 0.15) is 0 Å². The molecule has 0 radical (unpaired) electrons. The van der Waals surface area contributed by atoms with E-state index in [1.54, 1.807) is 18.2 Å². The normalized spacial score (nSPS) is 15.3. The molecule has 1 aliphatic heterocycles. The Morgan fingerprint density at radius 1 is 1.21 bits per heavy atom. The number of benzene rings is 1. The average molecular weight is 414 g/mol. The van der Waals surface area contributed by atoms with Gasteiger partial charge in [0.05, 0.1) is 7.11 Å². The van der Waals surface area contributed by atoms with Crippen molar-refractivity contribution in [3.63, 3.8) is 0 Å². The lowest BCUT2D eigenvalue weighted by Gasteiger charge is -2.34. The van der Waals surface area contributed by atoms with Crippen molar-refractivity contribution in [1.29, 1.82) is 0 Å². The van der Waals surface area contributed by atoms with E-state index in [2.05, 4.69) is 22.9 Å². The molecule has 1 saturated heterocycles. The summed E-state index contributed by atoms with van der Waals surface area (Å²) in [5, 5.41) is 9.12. The standard InChI is InChI=1S/C20H31N3O4.ClH/c1-14(2)23-18(24)12-27-16-6-5-15(11-17(16)26-4)19(25)22-13-20(3)7-9-21-10-8-20;/h5-6,11,14,21H,7-10,12-13H2,1-4H3,(H,22,25)(H,23,24);1H. The third-order valence-corrected chi connectivity index (χ3v) is 4.72. The minimum atomic E-state index is -0.205. The van der Waals surface area contributed by atoms with Crippen LogP contribution >= 0.6 is 12.4 Å². The first kappa shape index (κ1) is 24.0. The Balaban J connectivity index is 0.00000392. The lowest BCUT2D eigenvalue weighted by Crippen LogP contribution is -2.42. The zero-order valence-electron chi connectivity index (χ0n) is 17.1. The minimum Gasteiger partial charge on any atom is -0.493 e. The molecule has 0 spiro atoms. The molecular formula is C20H32ClN3O4. The van der Waals surface area contributed by atoms with Gasteiger partial charge in [-0.15, -0.1) is 12.4 Å². The van der Waals surface area contributed by atoms with Gasteiger partial charge in [-0.1, -0.05) is 6.92 Å². The van der Waals surface area contributed by atoms with E-state index < -0.39 is 0 Å². The molecule has 0 saturated carbocycles. The fraction of sp³-hybridized carbons (Fsp3) is 0.600. The summed E-state index contributed by atoms with van der Waals surface area (Å²) in [7, 11) is 1.51. The maximum Gasteiger partial charge on any atom is 0.258 e. The van der Waals surface area contributed by atoms with Crippen molar-refractivity contribution in [1.82, 2.24) is 16.0 Å². The predicted molar refractivity (Wildman–Crippen MR) is 112 cm³/mol. The molecule has 0 unspecified atom stereocenters. The van der Waals surface area contributed by atoms with E-state index in [1.165, 1.54) is 7.11 Å². The van der Waals surface area contributed by atoms with Crippen molar-refractivity contribution in [3.8, 4) is 11.5 Å². The van der Waals surface area contributed by atoms with Crippen LogP contribution < -0.4 is 25.4 Å². The number of carbonyl (C=O) groups is 2. The predicted octanol–water partition coefficient (Wildman–Crippen LogP) is 2.14. The van der Waals surface area contributed by atoms with Crippen LogP contribution in [0.15, 0.2) is 18.2 Å². The van der Waals surface area contributed by atoms with E-state index in [1.807, 2.05) is 13.8 Å². The second-order valence-electron chi connectivity index (χ2n) is 7.62. The molecule has 2 amide bonds. The molecule has 1 heterocycles. The zero-order valence-corrected chi connectivity index (χ0v) is 17.9. The second kappa shape index (κ2) is 11.1. The summed E-state index contributed by atoms with van der Waals surface area (Å²) in [5.41, 5.74) is 0.626. The Morgan fingerprint density at radius 2 is 1.89 bits per heavy atom. The van der Waals surface area contributed by atoms with Gasteiger partial charge in [0.25, 0.3) is 11.8 Å². The Kier molecular flexibility index (Phi) is 9.55. The van der Waals surface area contributed by atoms with Gasteiger partial charge in [-0.2, -0.15) is 0 Å². The van der Waals surface area contributed by atoms with Crippen LogP contribution in [0.25, 0.3) is 0 Å². The Labute approximate surface area is 173 Å². The van der Waals surface area contributed by atoms with Crippen LogP contribution in [0.4, 0.5) is 0 Å². The lowest BCUT2D eigenvalue weighted by molar-refractivity contribution is -0.123. The average Bonchev–Trinajstić information content (AvgIpc) is 2.64. The highest BCUT2D eigenvalue weighted by atomic mass is 35.5. The van der Waals surface area contributed by atoms with Crippen molar-refractivity contribution in [2.75, 3.05) is 33.4 Å². The Bertz CT molecular complexity index is 661. The molecule has 0 aromatic heterocycles. The molecule has 0 bridgehead atoms. The number of hydrogen-bond donors (Lipinski definition) is 3. The molecule has 1 fully saturated rings. The SMILES string of the molecule is COc1cc(C(=O)NCC2(C)CCNCC2)ccc1OCC(=O)NC(C)C.Cl. The maximum atomic E-state index is 12.5. The zero-order chi connectivity index (χ0) is 19.9. The van der Waals surface area contributed by atoms with Crippen LogP contribution in [0.2, 0.25) is 0 Å². The molecule has 0 aliphatic carbocycles. The van der Waals surface area contributed by atoms with Crippen molar-refractivity contribution in [2.24, 2.45) is 5.41 Å². The van der Waals surface area contributed by atoms with Crippen LogP contribution in [-0.2, 0) is 4.79 Å². The van der Waals surface area contributed by atoms with Gasteiger partial charge >= 0.3 is 0 Å². The van der Waals surface area contributed by atoms with E-state index in [0.717, 1.165) is 25.9 Å². The smallest absolute Gasteiger partial charge is 0.258 e. The topological polar surface area (TPSA) is 88.7 Å². The summed E-state index contributed by atoms with van der Waals surface area (Å²) < 4.78 is 10.8. The molecular weight excluding hydrogens is 382 g/mol. The number of halogens is 1. The number of methoxy groups -OCH3 is 1. The lowest BCUT2D eigenvalue weighted by atomic mass is 9.81. The molecule has 1 aromatic rings. The summed E-state index contributed by atoms with van der Waals surface area (Å²) >= 11 is 0. The highest BCUT2D eigenvalue weighted by Crippen LogP contribution is 2.29. The molecule has 8 heteroatoms. The van der Waals surface area contributed by atoms with E-state index in [-0.39, 0.29) is 42.3 Å². The van der Waals surface area contributed by atoms with Gasteiger partial charge < -0.3 is 25.4 Å². The number of ether oxygens (including phenoxy) is 2. The summed E-state index contributed by atoms with van der Waals surface area (Å²) in [6, 6.07) is 5.02. The molecule has 0 atom stereocenters. The number of carbonyl (C=O) groups excluding carboxylic acids is 2. The van der Waals surface area contributed by atoms with E-state index in [4.69, 9.17) is 9.47 Å². The van der Waals surface area contributed by atoms with Crippen molar-refractivity contribution in [3.05, 3.63) is 23.8 Å². The fourth-order valence-electron chi connectivity index (χ4n) is 3.04. The van der Waals surface area contributed by atoms with E-state index in [9.17, 15) is 9.59 Å². The highest BCUT2D eigenvalue weighted by molar-refractivity contribution is 5.95. The molecule has 1 aromatic carbocycles. The number of rotatable bonds is 8. The van der Waals surface area contributed by atoms with Gasteiger partial charge in [-0.3, -0.25) is 9.59 Å². The van der Waals surface area contributed by atoms with Crippen LogP contribution in [0.5, 0.6) is 11.5 Å². The Morgan fingerprint density at radius 3 is 2.50 bits per heavy atom. The molecule has 7 nitrogen and oxygen atoms in total. The fourth-order valence-corrected chi connectivity index (χ4v) is 3.04. The van der Waals surface area contributed by atoms with Crippen LogP contribution in [0.3, 0.4) is 0 Å². The van der Waals surface area contributed by atoms with Crippen LogP contribution in [0, 0.1) is 5.41 Å². The number of piperidine rings is 1. The third-order valence-electron chi connectivity index (χ3n) is 4.72. The van der Waals surface area contributed by atoms with Gasteiger partial charge in [-0.05, 0) is 63.4 Å². The third kappa shape index (κ3) is 7.20. The van der Waals surface area contributed by atoms with Gasteiger partial charge in [0.2, 0.25) is 0 Å². The molecule has 1 aliphatic rings. The molecule has 3 N–H and O–H groups in total. The number of amides is 2. The van der Waals surface area contributed by atoms with Gasteiger partial charge in [0, 0.05) is 18.2 Å².